The molecule has 0 aromatic heterocycles. The van der Waals surface area contributed by atoms with Crippen LogP contribution in [0.3, 0.4) is 0 Å². The van der Waals surface area contributed by atoms with Crippen molar-refractivity contribution < 1.29 is 26.3 Å². The number of nitrogens with zero attached hydrogens (tertiary/aromatic N) is 3. The number of hydrogen-bond acceptors (Lipinski definition) is 3. The average molecular weight is 932 g/mol. The van der Waals surface area contributed by atoms with Crippen molar-refractivity contribution in [3.8, 4) is 22.3 Å². The number of benzene rings is 9. The molecule has 3 aliphatic rings. The van der Waals surface area contributed by atoms with Crippen LogP contribution in [0.15, 0.2) is 206 Å². The van der Waals surface area contributed by atoms with E-state index in [1.54, 1.807) is 24.3 Å². The normalized spacial score (nSPS) is 14.1. The number of anilines is 9. The van der Waals surface area contributed by atoms with E-state index < -0.39 is 31.6 Å². The fraction of sp³-hybridized carbons (Fsp3) is 0.0690. The number of halogens is 6. The summed E-state index contributed by atoms with van der Waals surface area (Å²) in [6.07, 6.45) is -8.98. The van der Waals surface area contributed by atoms with E-state index in [0.717, 1.165) is 92.0 Å². The van der Waals surface area contributed by atoms with E-state index in [2.05, 4.69) is 101 Å². The highest BCUT2D eigenvalue weighted by Gasteiger charge is 2.52. The van der Waals surface area contributed by atoms with E-state index in [4.69, 9.17) is 0 Å². The smallest absolute Gasteiger partial charge is 0.311 e. The van der Waals surface area contributed by atoms with E-state index in [1.165, 1.54) is 21.3 Å². The van der Waals surface area contributed by atoms with Crippen LogP contribution in [0.4, 0.5) is 77.5 Å². The van der Waals surface area contributed by atoms with Crippen LogP contribution < -0.4 is 41.5 Å². The van der Waals surface area contributed by atoms with Gasteiger partial charge in [-0.2, -0.15) is 26.3 Å². The maximum Gasteiger partial charge on any atom is 0.416 e. The Balaban J connectivity index is 1.20. The number of hydrogen-bond donors (Lipinski definition) is 0. The summed E-state index contributed by atoms with van der Waals surface area (Å²) >= 11 is 0. The van der Waals surface area contributed by atoms with Crippen molar-refractivity contribution in [2.45, 2.75) is 25.4 Å². The highest BCUT2D eigenvalue weighted by molar-refractivity contribution is 7.16. The molecule has 0 spiro atoms. The van der Waals surface area contributed by atoms with E-state index >= 15 is 0 Å². The van der Waals surface area contributed by atoms with Gasteiger partial charge in [-0.25, -0.2) is 0 Å². The molecule has 0 unspecified atom stereocenters. The Kier molecular flexibility index (Phi) is 9.66. The topological polar surface area (TPSA) is 9.72 Å². The van der Waals surface area contributed by atoms with Gasteiger partial charge in [0.15, 0.2) is 0 Å². The summed E-state index contributed by atoms with van der Waals surface area (Å²) < 4.78 is 83.9. The van der Waals surface area contributed by atoms with E-state index in [-0.39, 0.29) is 6.71 Å². The first-order valence-electron chi connectivity index (χ1n) is 22.8. The standard InChI is InChI=1S/C58H40BF6N3Si/c1-69(2)52-25-13-23-48-55(52)59-54-50(67(48)46-21-11-9-19-44(46)37-27-31-39(32-28-37)57(60,61)62)35-43(66(41-15-5-3-6-16-41)42-17-7-4-8-18-42)36-51(54)68(49-24-14-26-53(69)56(49)59)47-22-12-10-20-45(47)38-29-33-40(34-30-38)58(63,64)65/h3-36H,1-2H3. The summed E-state index contributed by atoms with van der Waals surface area (Å²) in [5.41, 5.74) is 12.9. The van der Waals surface area contributed by atoms with Crippen LogP contribution in [0, 0.1) is 0 Å². The van der Waals surface area contributed by atoms with Crippen molar-refractivity contribution in [2.75, 3.05) is 14.7 Å². The molecule has 0 radical (unpaired) electrons. The van der Waals surface area contributed by atoms with Gasteiger partial charge in [0.1, 0.15) is 8.07 Å². The number of para-hydroxylation sites is 4. The van der Waals surface area contributed by atoms with E-state index in [1.807, 2.05) is 84.9 Å². The Morgan fingerprint density at radius 3 is 1.16 bits per heavy atom. The molecule has 3 heterocycles. The summed E-state index contributed by atoms with van der Waals surface area (Å²) in [4.78, 5) is 6.84. The third-order valence-electron chi connectivity index (χ3n) is 14.1. The summed E-state index contributed by atoms with van der Waals surface area (Å²) in [7, 11) is -2.47. The molecule has 0 amide bonds. The molecule has 0 saturated carbocycles. The first kappa shape index (κ1) is 42.6. The third kappa shape index (κ3) is 6.73. The Morgan fingerprint density at radius 2 is 0.754 bits per heavy atom. The van der Waals surface area contributed by atoms with E-state index in [9.17, 15) is 26.3 Å². The molecule has 0 aliphatic carbocycles. The highest BCUT2D eigenvalue weighted by atomic mass is 28.3. The van der Waals surface area contributed by atoms with Crippen molar-refractivity contribution in [2.24, 2.45) is 0 Å². The predicted octanol–water partition coefficient (Wildman–Crippen LogP) is 13.7. The first-order valence-corrected chi connectivity index (χ1v) is 25.8. The maximum absolute atomic E-state index is 14.0. The van der Waals surface area contributed by atoms with Crippen LogP contribution in [-0.4, -0.2) is 14.8 Å². The molecule has 11 heteroatoms. The number of rotatable bonds is 7. The minimum atomic E-state index is -4.49. The van der Waals surface area contributed by atoms with Crippen LogP contribution in [0.2, 0.25) is 13.1 Å². The van der Waals surface area contributed by atoms with Gasteiger partial charge in [0.25, 0.3) is 6.71 Å². The summed E-state index contributed by atoms with van der Waals surface area (Å²) in [5, 5.41) is 2.61. The van der Waals surface area contributed by atoms with Gasteiger partial charge in [0, 0.05) is 45.3 Å². The van der Waals surface area contributed by atoms with Gasteiger partial charge in [-0.05, 0) is 112 Å². The molecule has 0 fully saturated rings. The lowest BCUT2D eigenvalue weighted by Crippen LogP contribution is -2.79. The second kappa shape index (κ2) is 15.6. The van der Waals surface area contributed by atoms with Crippen LogP contribution >= 0.6 is 0 Å². The van der Waals surface area contributed by atoms with Crippen LogP contribution in [0.1, 0.15) is 11.1 Å². The molecular formula is C58H40BF6N3Si. The van der Waals surface area contributed by atoms with Crippen LogP contribution in [0.25, 0.3) is 22.3 Å². The molecule has 0 atom stereocenters. The second-order valence-electron chi connectivity index (χ2n) is 18.3. The first-order chi connectivity index (χ1) is 33.3. The SMILES string of the molecule is C[Si]1(C)c2cccc3c2B2c4c(cc(N(c5ccccc5)c5ccccc5)cc4N(c4ccccc4-c4ccc(C(F)(F)F)cc4)c4cccc1c42)N3c1ccccc1-c1ccc(C(F)(F)F)cc1. The maximum atomic E-state index is 14.0. The molecule has 0 bridgehead atoms. The molecule has 0 N–H and O–H groups in total. The number of alkyl halides is 6. The lowest BCUT2D eigenvalue weighted by Gasteiger charge is -2.50. The summed E-state index contributed by atoms with van der Waals surface area (Å²) in [6, 6.07) is 64.5. The molecule has 9 aromatic carbocycles. The van der Waals surface area contributed by atoms with Crippen molar-refractivity contribution in [3.05, 3.63) is 217 Å². The molecule has 69 heavy (non-hydrogen) atoms. The Bertz CT molecular complexity index is 3250. The van der Waals surface area contributed by atoms with Crippen LogP contribution in [0.5, 0.6) is 0 Å². The van der Waals surface area contributed by atoms with Crippen LogP contribution in [-0.2, 0) is 12.4 Å². The Morgan fingerprint density at radius 1 is 0.377 bits per heavy atom. The van der Waals surface area contributed by atoms with Gasteiger partial charge in [-0.15, -0.1) is 0 Å². The summed E-state index contributed by atoms with van der Waals surface area (Å²) in [5.74, 6) is 0. The van der Waals surface area contributed by atoms with E-state index in [0.29, 0.717) is 11.1 Å². The van der Waals surface area contributed by atoms with Crippen molar-refractivity contribution >= 4 is 92.7 Å². The van der Waals surface area contributed by atoms with Crippen molar-refractivity contribution in [1.29, 1.82) is 0 Å². The molecular weight excluding hydrogens is 892 g/mol. The molecule has 0 saturated heterocycles. The highest BCUT2D eigenvalue weighted by Crippen LogP contribution is 2.51. The Labute approximate surface area is 397 Å². The van der Waals surface area contributed by atoms with Gasteiger partial charge in [-0.3, -0.25) is 0 Å². The molecule has 336 valence electrons. The molecule has 3 nitrogen and oxygen atoms in total. The zero-order chi connectivity index (χ0) is 47.4. The molecule has 9 aromatic rings. The van der Waals surface area contributed by atoms with Crippen molar-refractivity contribution in [3.63, 3.8) is 0 Å². The summed E-state index contributed by atoms with van der Waals surface area (Å²) in [6.45, 7) is 4.58. The zero-order valence-corrected chi connectivity index (χ0v) is 38.3. The lowest BCUT2D eigenvalue weighted by molar-refractivity contribution is -0.138. The molecule has 12 rings (SSSR count). The minimum absolute atomic E-state index is 0.201. The van der Waals surface area contributed by atoms with Gasteiger partial charge in [-0.1, -0.05) is 145 Å². The van der Waals surface area contributed by atoms with Gasteiger partial charge in [0.05, 0.1) is 28.2 Å². The Hall–Kier alpha value is -7.76. The minimum Gasteiger partial charge on any atom is -0.311 e. The van der Waals surface area contributed by atoms with Crippen molar-refractivity contribution in [1.82, 2.24) is 0 Å². The monoisotopic (exact) mass is 931 g/mol. The lowest BCUT2D eigenvalue weighted by atomic mass is 9.33. The quantitative estimate of drug-likeness (QED) is 0.116. The zero-order valence-electron chi connectivity index (χ0n) is 37.3. The fourth-order valence-electron chi connectivity index (χ4n) is 11.1. The second-order valence-corrected chi connectivity index (χ2v) is 22.6. The third-order valence-corrected chi connectivity index (χ3v) is 17.7. The van der Waals surface area contributed by atoms with Gasteiger partial charge in [0.2, 0.25) is 0 Å². The average Bonchev–Trinajstić information content (AvgIpc) is 3.36. The largest absolute Gasteiger partial charge is 0.416 e. The molecule has 3 aliphatic heterocycles. The fourth-order valence-corrected chi connectivity index (χ4v) is 14.3. The van der Waals surface area contributed by atoms with Gasteiger partial charge >= 0.3 is 12.4 Å². The van der Waals surface area contributed by atoms with Gasteiger partial charge < -0.3 is 14.7 Å². The predicted molar refractivity (Wildman–Crippen MR) is 273 cm³/mol.